The van der Waals surface area contributed by atoms with Crippen LogP contribution >= 0.6 is 11.8 Å². The maximum absolute atomic E-state index is 3.79. The molecule has 0 aromatic heterocycles. The molecular formula is C15H21NS. The third-order valence-corrected chi connectivity index (χ3v) is 5.69. The number of nitrogens with one attached hydrogen (secondary N) is 1. The second-order valence-corrected chi connectivity index (χ2v) is 7.36. The van der Waals surface area contributed by atoms with Gasteiger partial charge >= 0.3 is 0 Å². The van der Waals surface area contributed by atoms with E-state index in [0.717, 1.165) is 5.25 Å². The summed E-state index contributed by atoms with van der Waals surface area (Å²) < 4.78 is 0. The first-order valence-corrected chi connectivity index (χ1v) is 7.60. The molecule has 1 aliphatic heterocycles. The van der Waals surface area contributed by atoms with Crippen LogP contribution in [0, 0.1) is 0 Å². The quantitative estimate of drug-likeness (QED) is 0.753. The molecule has 3 unspecified atom stereocenters. The molecule has 1 nitrogen and oxygen atoms in total. The fraction of sp³-hybridized carbons (Fsp3) is 0.600. The first kappa shape index (κ1) is 11.6. The summed E-state index contributed by atoms with van der Waals surface area (Å²) in [7, 11) is 0. The van der Waals surface area contributed by atoms with Crippen molar-refractivity contribution in [2.24, 2.45) is 0 Å². The predicted molar refractivity (Wildman–Crippen MR) is 75.7 cm³/mol. The summed E-state index contributed by atoms with van der Waals surface area (Å²) in [6.45, 7) is 7.08. The van der Waals surface area contributed by atoms with Gasteiger partial charge < -0.3 is 5.32 Å². The highest BCUT2D eigenvalue weighted by Crippen LogP contribution is 2.47. The monoisotopic (exact) mass is 247 g/mol. The van der Waals surface area contributed by atoms with Crippen molar-refractivity contribution in [2.45, 2.75) is 49.9 Å². The molecule has 17 heavy (non-hydrogen) atoms. The lowest BCUT2D eigenvalue weighted by Crippen LogP contribution is -2.48. The van der Waals surface area contributed by atoms with Gasteiger partial charge in [-0.3, -0.25) is 0 Å². The van der Waals surface area contributed by atoms with E-state index in [1.54, 1.807) is 5.56 Å². The van der Waals surface area contributed by atoms with Gasteiger partial charge in [0.2, 0.25) is 0 Å². The van der Waals surface area contributed by atoms with Crippen LogP contribution in [0.2, 0.25) is 0 Å². The Bertz CT molecular complexity index is 427. The highest BCUT2D eigenvalue weighted by Gasteiger charge is 2.41. The Labute approximate surface area is 108 Å². The van der Waals surface area contributed by atoms with Crippen LogP contribution in [0.4, 0.5) is 0 Å². The zero-order chi connectivity index (χ0) is 12.0. The van der Waals surface area contributed by atoms with E-state index < -0.39 is 0 Å². The van der Waals surface area contributed by atoms with Crippen molar-refractivity contribution in [2.75, 3.05) is 5.75 Å². The zero-order valence-corrected chi connectivity index (χ0v) is 11.7. The normalized spacial score (nSPS) is 34.9. The molecule has 1 N–H and O–H groups in total. The standard InChI is InChI=1S/C15H21NS/c1-10-9-17-13-8-15(2,3)12-7-5-4-6-11(12)14(13)16-10/h4-7,10,13-14,16H,8-9H2,1-3H3. The molecule has 0 amide bonds. The van der Waals surface area contributed by atoms with Gasteiger partial charge in [0.05, 0.1) is 0 Å². The van der Waals surface area contributed by atoms with Crippen LogP contribution in [0.5, 0.6) is 0 Å². The van der Waals surface area contributed by atoms with Gasteiger partial charge in [-0.1, -0.05) is 38.1 Å². The summed E-state index contributed by atoms with van der Waals surface area (Å²) in [5.41, 5.74) is 3.41. The number of thioether (sulfide) groups is 1. The van der Waals surface area contributed by atoms with Gasteiger partial charge in [0.25, 0.3) is 0 Å². The molecule has 0 radical (unpaired) electrons. The van der Waals surface area contributed by atoms with E-state index in [2.05, 4.69) is 62.1 Å². The minimum absolute atomic E-state index is 0.326. The van der Waals surface area contributed by atoms with E-state index in [0.29, 0.717) is 17.5 Å². The van der Waals surface area contributed by atoms with Crippen LogP contribution in [-0.2, 0) is 5.41 Å². The van der Waals surface area contributed by atoms with Crippen molar-refractivity contribution in [1.29, 1.82) is 0 Å². The molecule has 0 spiro atoms. The highest BCUT2D eigenvalue weighted by molar-refractivity contribution is 8.00. The van der Waals surface area contributed by atoms with E-state index in [1.807, 2.05) is 0 Å². The van der Waals surface area contributed by atoms with Crippen molar-refractivity contribution < 1.29 is 0 Å². The molecule has 0 saturated carbocycles. The molecule has 3 atom stereocenters. The Morgan fingerprint density at radius 2 is 2.06 bits per heavy atom. The van der Waals surface area contributed by atoms with Crippen molar-refractivity contribution in [1.82, 2.24) is 5.32 Å². The Hall–Kier alpha value is -0.470. The Kier molecular flexibility index (Phi) is 2.75. The SMILES string of the molecule is CC1CSC2CC(C)(C)c3ccccc3C2N1. The van der Waals surface area contributed by atoms with E-state index in [9.17, 15) is 0 Å². The summed E-state index contributed by atoms with van der Waals surface area (Å²) in [5, 5.41) is 4.54. The molecule has 1 aromatic carbocycles. The summed E-state index contributed by atoms with van der Waals surface area (Å²) in [6.07, 6.45) is 1.29. The average Bonchev–Trinajstić information content (AvgIpc) is 2.30. The van der Waals surface area contributed by atoms with Gasteiger partial charge in [0, 0.05) is 23.1 Å². The Balaban J connectivity index is 2.06. The molecule has 1 aromatic rings. The third-order valence-electron chi connectivity index (χ3n) is 4.13. The predicted octanol–water partition coefficient (Wildman–Crippen LogP) is 3.50. The minimum Gasteiger partial charge on any atom is -0.306 e. The summed E-state index contributed by atoms with van der Waals surface area (Å²) >= 11 is 2.16. The summed E-state index contributed by atoms with van der Waals surface area (Å²) in [5.74, 6) is 1.25. The maximum Gasteiger partial charge on any atom is 0.0446 e. The maximum atomic E-state index is 3.79. The number of hydrogen-bond acceptors (Lipinski definition) is 2. The molecule has 1 fully saturated rings. The second kappa shape index (κ2) is 4.03. The lowest BCUT2D eigenvalue weighted by atomic mass is 9.70. The van der Waals surface area contributed by atoms with Crippen LogP contribution in [0.15, 0.2) is 24.3 Å². The molecule has 92 valence electrons. The van der Waals surface area contributed by atoms with E-state index in [1.165, 1.54) is 17.7 Å². The average molecular weight is 247 g/mol. The van der Waals surface area contributed by atoms with Crippen LogP contribution in [0.1, 0.15) is 44.4 Å². The van der Waals surface area contributed by atoms with E-state index in [-0.39, 0.29) is 0 Å². The number of benzene rings is 1. The lowest BCUT2D eigenvalue weighted by molar-refractivity contribution is 0.345. The van der Waals surface area contributed by atoms with Crippen molar-refractivity contribution in [3.05, 3.63) is 35.4 Å². The molecule has 1 saturated heterocycles. The molecule has 1 aliphatic carbocycles. The van der Waals surface area contributed by atoms with Crippen molar-refractivity contribution in [3.63, 3.8) is 0 Å². The van der Waals surface area contributed by atoms with Gasteiger partial charge in [-0.25, -0.2) is 0 Å². The largest absolute Gasteiger partial charge is 0.306 e. The van der Waals surface area contributed by atoms with Crippen LogP contribution < -0.4 is 5.32 Å². The molecule has 0 bridgehead atoms. The molecule has 2 aliphatic rings. The van der Waals surface area contributed by atoms with Gasteiger partial charge in [-0.05, 0) is 29.9 Å². The number of rotatable bonds is 0. The van der Waals surface area contributed by atoms with Crippen molar-refractivity contribution in [3.8, 4) is 0 Å². The highest BCUT2D eigenvalue weighted by atomic mass is 32.2. The van der Waals surface area contributed by atoms with Crippen LogP contribution in [-0.4, -0.2) is 17.0 Å². The second-order valence-electron chi connectivity index (χ2n) is 6.09. The smallest absolute Gasteiger partial charge is 0.0446 e. The summed E-state index contributed by atoms with van der Waals surface area (Å²) in [4.78, 5) is 0. The van der Waals surface area contributed by atoms with Crippen molar-refractivity contribution >= 4 is 11.8 Å². The van der Waals surface area contributed by atoms with Gasteiger partial charge in [0.1, 0.15) is 0 Å². The molecule has 2 heteroatoms. The number of hydrogen-bond donors (Lipinski definition) is 1. The Morgan fingerprint density at radius 3 is 2.88 bits per heavy atom. The fourth-order valence-corrected chi connectivity index (χ4v) is 4.87. The summed E-state index contributed by atoms with van der Waals surface area (Å²) in [6, 6.07) is 10.2. The zero-order valence-electron chi connectivity index (χ0n) is 10.9. The number of fused-ring (bicyclic) bond motifs is 3. The first-order valence-electron chi connectivity index (χ1n) is 6.55. The first-order chi connectivity index (χ1) is 8.08. The minimum atomic E-state index is 0.326. The van der Waals surface area contributed by atoms with E-state index in [4.69, 9.17) is 0 Å². The topological polar surface area (TPSA) is 12.0 Å². The van der Waals surface area contributed by atoms with Crippen LogP contribution in [0.3, 0.4) is 0 Å². The molecule has 3 rings (SSSR count). The third kappa shape index (κ3) is 1.92. The van der Waals surface area contributed by atoms with Gasteiger partial charge in [0.15, 0.2) is 0 Å². The molecular weight excluding hydrogens is 226 g/mol. The van der Waals surface area contributed by atoms with Gasteiger partial charge in [-0.15, -0.1) is 0 Å². The van der Waals surface area contributed by atoms with Gasteiger partial charge in [-0.2, -0.15) is 11.8 Å². The Morgan fingerprint density at radius 1 is 1.29 bits per heavy atom. The van der Waals surface area contributed by atoms with Crippen LogP contribution in [0.25, 0.3) is 0 Å². The fourth-order valence-electron chi connectivity index (χ4n) is 3.29. The molecule has 1 heterocycles. The van der Waals surface area contributed by atoms with E-state index >= 15 is 0 Å². The lowest BCUT2D eigenvalue weighted by Gasteiger charge is -2.46.